The van der Waals surface area contributed by atoms with E-state index in [9.17, 15) is 4.55 Å². The predicted octanol–water partition coefficient (Wildman–Crippen LogP) is 2.00. The van der Waals surface area contributed by atoms with Gasteiger partial charge in [0, 0.05) is 12.0 Å². The van der Waals surface area contributed by atoms with Gasteiger partial charge in [-0.25, -0.2) is 0 Å². The predicted molar refractivity (Wildman–Crippen MR) is 59.4 cm³/mol. The van der Waals surface area contributed by atoms with Crippen LogP contribution >= 0.6 is 0 Å². The topological polar surface area (TPSA) is 45.2 Å². The first kappa shape index (κ1) is 10.8. The van der Waals surface area contributed by atoms with E-state index in [0.29, 0.717) is 11.7 Å². The van der Waals surface area contributed by atoms with Crippen LogP contribution in [0.25, 0.3) is 0 Å². The number of aromatic nitrogens is 1. The average Bonchev–Trinajstić information content (AvgIpc) is 2.23. The lowest BCUT2D eigenvalue weighted by Gasteiger charge is -2.25. The minimum atomic E-state index is -0.917. The Labute approximate surface area is 93.0 Å². The summed E-state index contributed by atoms with van der Waals surface area (Å²) in [6.07, 6.45) is 7.03. The van der Waals surface area contributed by atoms with Gasteiger partial charge in [-0.1, -0.05) is 6.42 Å². The van der Waals surface area contributed by atoms with Gasteiger partial charge in [-0.2, -0.15) is 0 Å². The zero-order chi connectivity index (χ0) is 10.7. The fraction of sp³-hybridized carbons (Fsp3) is 0.545. The molecule has 0 aliphatic heterocycles. The van der Waals surface area contributed by atoms with Crippen molar-refractivity contribution in [3.63, 3.8) is 0 Å². The summed E-state index contributed by atoms with van der Waals surface area (Å²) in [4.78, 5) is 4.79. The van der Waals surface area contributed by atoms with Gasteiger partial charge in [0.2, 0.25) is 0 Å². The van der Waals surface area contributed by atoms with Crippen LogP contribution < -0.4 is 4.74 Å². The quantitative estimate of drug-likeness (QED) is 0.736. The van der Waals surface area contributed by atoms with Crippen molar-refractivity contribution in [3.8, 4) is 5.75 Å². The van der Waals surface area contributed by atoms with Crippen LogP contribution in [0.3, 0.4) is 0 Å². The first-order valence-corrected chi connectivity index (χ1v) is 6.49. The Kier molecular flexibility index (Phi) is 3.49. The molecule has 4 heteroatoms. The highest BCUT2D eigenvalue weighted by Crippen LogP contribution is 2.30. The van der Waals surface area contributed by atoms with E-state index >= 15 is 0 Å². The zero-order valence-electron chi connectivity index (χ0n) is 8.81. The van der Waals surface area contributed by atoms with Crippen molar-refractivity contribution in [3.05, 3.63) is 18.5 Å². The lowest BCUT2D eigenvalue weighted by molar-refractivity contribution is 0.347. The molecule has 0 spiro atoms. The van der Waals surface area contributed by atoms with Crippen molar-refractivity contribution < 1.29 is 9.29 Å². The first-order chi connectivity index (χ1) is 7.29. The van der Waals surface area contributed by atoms with E-state index in [1.807, 2.05) is 6.07 Å². The van der Waals surface area contributed by atoms with E-state index in [2.05, 4.69) is 4.98 Å². The maximum atomic E-state index is 11.9. The molecule has 1 heterocycles. The van der Waals surface area contributed by atoms with Gasteiger partial charge >= 0.3 is 0 Å². The summed E-state index contributed by atoms with van der Waals surface area (Å²) in [6, 6.07) is 1.81. The number of hydrogen-bond donors (Lipinski definition) is 0. The number of pyridine rings is 1. The standard InChI is InChI=1S/C11H15NO2S/c1-14-10-5-11(7-12-6-10)15(13)8-9-3-2-4-9/h5-7,9H,2-4,8H2,1H3. The molecule has 15 heavy (non-hydrogen) atoms. The second-order valence-electron chi connectivity index (χ2n) is 3.87. The third-order valence-corrected chi connectivity index (χ3v) is 4.32. The molecule has 0 aromatic carbocycles. The molecule has 1 saturated carbocycles. The lowest BCUT2D eigenvalue weighted by atomic mass is 9.87. The monoisotopic (exact) mass is 225 g/mol. The maximum Gasteiger partial charge on any atom is 0.174 e. The van der Waals surface area contributed by atoms with E-state index in [4.69, 9.17) is 4.74 Å². The Morgan fingerprint density at radius 2 is 2.33 bits per heavy atom. The molecule has 1 aromatic heterocycles. The molecule has 1 aliphatic carbocycles. The van der Waals surface area contributed by atoms with E-state index in [1.165, 1.54) is 19.3 Å². The Bertz CT molecular complexity index is 328. The fourth-order valence-electron chi connectivity index (χ4n) is 1.60. The van der Waals surface area contributed by atoms with Gasteiger partial charge in [-0.15, -0.1) is 0 Å². The molecule has 0 saturated heterocycles. The highest BCUT2D eigenvalue weighted by molar-refractivity contribution is 7.91. The summed E-state index contributed by atoms with van der Waals surface area (Å²) in [5.74, 6) is 2.10. The number of ether oxygens (including phenoxy) is 1. The van der Waals surface area contributed by atoms with Gasteiger partial charge in [0.15, 0.2) is 4.90 Å². The van der Waals surface area contributed by atoms with Crippen molar-refractivity contribution >= 4 is 11.2 Å². The van der Waals surface area contributed by atoms with Gasteiger partial charge in [0.1, 0.15) is 11.5 Å². The van der Waals surface area contributed by atoms with Crippen molar-refractivity contribution in [1.82, 2.24) is 4.98 Å². The van der Waals surface area contributed by atoms with E-state index in [0.717, 1.165) is 10.6 Å². The minimum absolute atomic E-state index is 0.650. The van der Waals surface area contributed by atoms with Gasteiger partial charge in [-0.3, -0.25) is 4.98 Å². The molecule has 2 rings (SSSR count). The van der Waals surface area contributed by atoms with E-state index < -0.39 is 11.2 Å². The fourth-order valence-corrected chi connectivity index (χ4v) is 2.98. The van der Waals surface area contributed by atoms with Crippen LogP contribution in [-0.2, 0) is 11.2 Å². The second-order valence-corrected chi connectivity index (χ2v) is 5.37. The molecule has 0 amide bonds. The van der Waals surface area contributed by atoms with Crippen molar-refractivity contribution in [2.45, 2.75) is 24.2 Å². The van der Waals surface area contributed by atoms with Gasteiger partial charge in [0.05, 0.1) is 19.5 Å². The molecule has 0 bridgehead atoms. The minimum Gasteiger partial charge on any atom is -0.611 e. The van der Waals surface area contributed by atoms with Crippen LogP contribution in [0.15, 0.2) is 23.4 Å². The molecular weight excluding hydrogens is 210 g/mol. The zero-order valence-corrected chi connectivity index (χ0v) is 9.63. The summed E-state index contributed by atoms with van der Waals surface area (Å²) >= 11 is -0.917. The van der Waals surface area contributed by atoms with Crippen LogP contribution in [0.5, 0.6) is 5.75 Å². The summed E-state index contributed by atoms with van der Waals surface area (Å²) < 4.78 is 17.0. The van der Waals surface area contributed by atoms with Crippen LogP contribution in [0.1, 0.15) is 19.3 Å². The highest BCUT2D eigenvalue weighted by atomic mass is 32.2. The van der Waals surface area contributed by atoms with Crippen LogP contribution in [-0.4, -0.2) is 22.4 Å². The Morgan fingerprint density at radius 3 is 2.93 bits per heavy atom. The summed E-state index contributed by atoms with van der Waals surface area (Å²) in [6.45, 7) is 0. The lowest BCUT2D eigenvalue weighted by Crippen LogP contribution is -2.22. The summed E-state index contributed by atoms with van der Waals surface area (Å²) in [7, 11) is 1.59. The van der Waals surface area contributed by atoms with Gasteiger partial charge in [-0.05, 0) is 24.0 Å². The molecule has 1 atom stereocenters. The number of hydrogen-bond acceptors (Lipinski definition) is 3. The Hall–Kier alpha value is -0.740. The molecule has 1 unspecified atom stereocenters. The normalized spacial score (nSPS) is 18.3. The van der Waals surface area contributed by atoms with Gasteiger partial charge < -0.3 is 9.29 Å². The number of rotatable bonds is 4. The average molecular weight is 225 g/mol. The van der Waals surface area contributed by atoms with Crippen LogP contribution in [0, 0.1) is 5.92 Å². The molecule has 1 fully saturated rings. The highest BCUT2D eigenvalue weighted by Gasteiger charge is 2.24. The molecular formula is C11H15NO2S. The van der Waals surface area contributed by atoms with E-state index in [-0.39, 0.29) is 0 Å². The molecule has 0 N–H and O–H groups in total. The first-order valence-electron chi connectivity index (χ1n) is 5.17. The molecule has 1 aromatic rings. The van der Waals surface area contributed by atoms with Crippen LogP contribution in [0.2, 0.25) is 0 Å². The largest absolute Gasteiger partial charge is 0.611 e. The molecule has 82 valence electrons. The second kappa shape index (κ2) is 4.86. The number of nitrogens with zero attached hydrogens (tertiary/aromatic N) is 1. The number of methoxy groups -OCH3 is 1. The summed E-state index contributed by atoms with van der Waals surface area (Å²) in [5.41, 5.74) is 0. The van der Waals surface area contributed by atoms with Crippen molar-refractivity contribution in [1.29, 1.82) is 0 Å². The SMILES string of the molecule is COc1cncc([S+]([O-])CC2CCC2)c1. The van der Waals surface area contributed by atoms with Crippen LogP contribution in [0.4, 0.5) is 0 Å². The molecule has 3 nitrogen and oxygen atoms in total. The Balaban J connectivity index is 1.99. The maximum absolute atomic E-state index is 11.9. The third-order valence-electron chi connectivity index (χ3n) is 2.80. The smallest absolute Gasteiger partial charge is 0.174 e. The third kappa shape index (κ3) is 2.63. The Morgan fingerprint density at radius 1 is 1.53 bits per heavy atom. The molecule has 1 aliphatic rings. The van der Waals surface area contributed by atoms with E-state index in [1.54, 1.807) is 19.5 Å². The summed E-state index contributed by atoms with van der Waals surface area (Å²) in [5, 5.41) is 0. The van der Waals surface area contributed by atoms with Gasteiger partial charge in [0.25, 0.3) is 0 Å². The van der Waals surface area contributed by atoms with Crippen molar-refractivity contribution in [2.75, 3.05) is 12.9 Å². The molecule has 0 radical (unpaired) electrons. The van der Waals surface area contributed by atoms with Crippen molar-refractivity contribution in [2.24, 2.45) is 5.92 Å².